The maximum atomic E-state index is 10.2. The normalized spacial score (nSPS) is 15.2. The van der Waals surface area contributed by atoms with Crippen molar-refractivity contribution in [1.82, 2.24) is 0 Å². The van der Waals surface area contributed by atoms with Gasteiger partial charge in [-0.15, -0.1) is 12.0 Å². The van der Waals surface area contributed by atoms with E-state index in [1.165, 1.54) is 51.4 Å². The molecular formula is C28H32O5Ti. The number of benzene rings is 2. The number of carboxylic acid groups (broad SMARTS) is 2. The van der Waals surface area contributed by atoms with Gasteiger partial charge in [-0.2, -0.15) is 12.7 Å². The number of carboxylic acids is 2. The number of carbonyl (C=O) groups is 2. The third kappa shape index (κ3) is 8.98. The molecule has 0 amide bonds. The second-order valence-electron chi connectivity index (χ2n) is 7.91. The van der Waals surface area contributed by atoms with Crippen molar-refractivity contribution in [3.63, 3.8) is 0 Å². The minimum absolute atomic E-state index is 0. The average molecular weight is 496 g/mol. The monoisotopic (exact) mass is 496 g/mol. The molecule has 0 unspecified atom stereocenters. The molecule has 2 aromatic carbocycles. The zero-order chi connectivity index (χ0) is 24.1. The molecule has 0 heterocycles. The van der Waals surface area contributed by atoms with Gasteiger partial charge in [0, 0.05) is 0 Å². The zero-order valence-corrected chi connectivity index (χ0v) is 21.2. The van der Waals surface area contributed by atoms with Crippen LogP contribution in [0.1, 0.15) is 72.1 Å². The summed E-state index contributed by atoms with van der Waals surface area (Å²) in [6.45, 7) is 0. The summed E-state index contributed by atoms with van der Waals surface area (Å²) < 4.78 is 0. The molecule has 0 aliphatic heterocycles. The van der Waals surface area contributed by atoms with E-state index in [2.05, 4.69) is 6.42 Å². The number of fused-ring (bicyclic) bond motifs is 1. The third-order valence-electron chi connectivity index (χ3n) is 5.80. The van der Waals surface area contributed by atoms with Crippen LogP contribution in [0.25, 0.3) is 0 Å². The molecular weight excluding hydrogens is 464 g/mol. The molecule has 0 fully saturated rings. The first-order chi connectivity index (χ1) is 16.1. The van der Waals surface area contributed by atoms with Gasteiger partial charge in [-0.1, -0.05) is 61.2 Å². The van der Waals surface area contributed by atoms with Crippen molar-refractivity contribution in [3.05, 3.63) is 101 Å². The fourth-order valence-corrected chi connectivity index (χ4v) is 4.28. The molecule has 34 heavy (non-hydrogen) atoms. The first-order valence-corrected chi connectivity index (χ1v) is 11.3. The number of allylic oxidation sites excluding steroid dienone is 4. The van der Waals surface area contributed by atoms with Gasteiger partial charge in [-0.3, -0.25) is 0 Å². The van der Waals surface area contributed by atoms with E-state index in [0.29, 0.717) is 11.1 Å². The number of rotatable bonds is 2. The van der Waals surface area contributed by atoms with Crippen LogP contribution in [0.4, 0.5) is 0 Å². The Morgan fingerprint density at radius 3 is 1.68 bits per heavy atom. The first-order valence-electron chi connectivity index (χ1n) is 11.3. The van der Waals surface area contributed by atoms with Crippen LogP contribution in [-0.2, 0) is 21.7 Å². The molecule has 0 saturated carbocycles. The number of hydrogen-bond acceptors (Lipinski definition) is 3. The summed E-state index contributed by atoms with van der Waals surface area (Å²) in [5.74, 6) is -1.76. The van der Waals surface area contributed by atoms with Crippen LogP contribution in [0.3, 0.4) is 0 Å². The second-order valence-corrected chi connectivity index (χ2v) is 7.91. The average Bonchev–Trinajstić information content (AvgIpc) is 3.26. The predicted molar refractivity (Wildman–Crippen MR) is 128 cm³/mol. The van der Waals surface area contributed by atoms with E-state index in [1.807, 2.05) is 0 Å². The van der Waals surface area contributed by atoms with Crippen molar-refractivity contribution in [2.24, 2.45) is 0 Å². The van der Waals surface area contributed by atoms with Crippen LogP contribution in [0.5, 0.6) is 0 Å². The summed E-state index contributed by atoms with van der Waals surface area (Å²) in [5, 5.41) is 25.0. The first kappa shape index (κ1) is 29.4. The fourth-order valence-electron chi connectivity index (χ4n) is 4.28. The Labute approximate surface area is 217 Å². The smallest absolute Gasteiger partial charge is 0.857 e. The van der Waals surface area contributed by atoms with Gasteiger partial charge in [0.1, 0.15) is 0 Å². The molecule has 0 bridgehead atoms. The standard InChI is InChI=1S/C13H17.2C7H6O2.CH3O.Ti/c1-3-7-12-10(5-1)9-11-6-2-4-8-13(11)12;2*8-7(9)6-4-2-1-3-5-6;1-2;/h5H,1-4,6-9H2;2*1-5H,(H,8,9);1H3;/q-1;;;-1;+2. The maximum Gasteiger partial charge on any atom is 2.00 e. The van der Waals surface area contributed by atoms with E-state index >= 15 is 0 Å². The second kappa shape index (κ2) is 16.1. The topological polar surface area (TPSA) is 97.7 Å². The molecule has 5 nitrogen and oxygen atoms in total. The van der Waals surface area contributed by atoms with E-state index in [9.17, 15) is 9.59 Å². The number of hydrogen-bond donors (Lipinski definition) is 2. The number of aromatic carboxylic acids is 2. The van der Waals surface area contributed by atoms with Gasteiger partial charge < -0.3 is 15.3 Å². The van der Waals surface area contributed by atoms with Gasteiger partial charge in [-0.25, -0.2) is 21.6 Å². The van der Waals surface area contributed by atoms with E-state index in [1.54, 1.807) is 83.0 Å². The van der Waals surface area contributed by atoms with Gasteiger partial charge >= 0.3 is 33.7 Å². The van der Waals surface area contributed by atoms with Gasteiger partial charge in [0.15, 0.2) is 0 Å². The van der Waals surface area contributed by atoms with Crippen LogP contribution in [-0.4, -0.2) is 29.3 Å². The van der Waals surface area contributed by atoms with Gasteiger partial charge in [0.2, 0.25) is 0 Å². The SMILES string of the molecule is C[O-].O=C(O)c1ccccc1.O=C(O)c1ccccc1.[CH-]1CCCC2=C1CC1=C2CCCC1.[Ti+2]. The maximum absolute atomic E-state index is 10.2. The molecule has 2 aromatic rings. The van der Waals surface area contributed by atoms with E-state index in [0.717, 1.165) is 7.11 Å². The third-order valence-corrected chi connectivity index (χ3v) is 5.80. The summed E-state index contributed by atoms with van der Waals surface area (Å²) in [6.07, 6.45) is 13.6. The van der Waals surface area contributed by atoms with Crippen molar-refractivity contribution in [2.75, 3.05) is 7.11 Å². The van der Waals surface area contributed by atoms with E-state index in [4.69, 9.17) is 15.3 Å². The van der Waals surface area contributed by atoms with Crippen molar-refractivity contribution in [1.29, 1.82) is 0 Å². The zero-order valence-electron chi connectivity index (χ0n) is 19.6. The summed E-state index contributed by atoms with van der Waals surface area (Å²) in [5.41, 5.74) is 7.72. The summed E-state index contributed by atoms with van der Waals surface area (Å²) in [7, 11) is 0.750. The Kier molecular flexibility index (Phi) is 13.9. The Balaban J connectivity index is 0.000000249. The minimum atomic E-state index is -0.879. The Hall–Kier alpha value is -2.60. The molecule has 3 aliphatic carbocycles. The molecule has 0 saturated heterocycles. The van der Waals surface area contributed by atoms with Crippen molar-refractivity contribution in [2.45, 2.75) is 51.4 Å². The quantitative estimate of drug-likeness (QED) is 0.411. The molecule has 178 valence electrons. The molecule has 0 aromatic heterocycles. The minimum Gasteiger partial charge on any atom is -0.857 e. The van der Waals surface area contributed by atoms with Crippen LogP contribution < -0.4 is 5.11 Å². The molecule has 5 rings (SSSR count). The van der Waals surface area contributed by atoms with Gasteiger partial charge in [0.25, 0.3) is 0 Å². The van der Waals surface area contributed by atoms with Crippen molar-refractivity contribution in [3.8, 4) is 0 Å². The molecule has 0 radical (unpaired) electrons. The van der Waals surface area contributed by atoms with Crippen molar-refractivity contribution < 1.29 is 46.6 Å². The van der Waals surface area contributed by atoms with E-state index in [-0.39, 0.29) is 21.7 Å². The Morgan fingerprint density at radius 2 is 1.21 bits per heavy atom. The van der Waals surface area contributed by atoms with E-state index < -0.39 is 11.9 Å². The Morgan fingerprint density at radius 1 is 0.735 bits per heavy atom. The molecule has 0 atom stereocenters. The largest absolute Gasteiger partial charge is 2.00 e. The summed E-state index contributed by atoms with van der Waals surface area (Å²) in [4.78, 5) is 20.4. The van der Waals surface area contributed by atoms with Gasteiger partial charge in [-0.05, 0) is 49.9 Å². The summed E-state index contributed by atoms with van der Waals surface area (Å²) in [6, 6.07) is 16.6. The Bertz CT molecular complexity index is 885. The van der Waals surface area contributed by atoms with Crippen LogP contribution in [0.2, 0.25) is 0 Å². The predicted octanol–water partition coefficient (Wildman–Crippen LogP) is 5.69. The van der Waals surface area contributed by atoms with Crippen LogP contribution in [0, 0.1) is 6.42 Å². The van der Waals surface area contributed by atoms with Crippen LogP contribution in [0.15, 0.2) is 83.0 Å². The molecule has 3 aliphatic rings. The molecule has 6 heteroatoms. The fraction of sp³-hybridized carbons (Fsp3) is 0.321. The molecule has 0 spiro atoms. The van der Waals surface area contributed by atoms with Crippen molar-refractivity contribution >= 4 is 11.9 Å². The molecule has 2 N–H and O–H groups in total. The van der Waals surface area contributed by atoms with Crippen LogP contribution >= 0.6 is 0 Å². The summed E-state index contributed by atoms with van der Waals surface area (Å²) >= 11 is 0. The van der Waals surface area contributed by atoms with Gasteiger partial charge in [0.05, 0.1) is 11.1 Å².